The highest BCUT2D eigenvalue weighted by Gasteiger charge is 2.46. The van der Waals surface area contributed by atoms with Gasteiger partial charge in [0.1, 0.15) is 49.1 Å². The summed E-state index contributed by atoms with van der Waals surface area (Å²) in [6, 6.07) is 14.3. The number of para-hydroxylation sites is 2. The first-order chi connectivity index (χ1) is 29.2. The van der Waals surface area contributed by atoms with Crippen molar-refractivity contribution in [1.82, 2.24) is 0 Å². The van der Waals surface area contributed by atoms with Crippen molar-refractivity contribution in [2.45, 2.75) is 124 Å². The molecule has 3 saturated heterocycles. The standard InChI is InChI=1S/C18H23BrO6.C13H22O5.C12H15BrO6/c1-10-11(2)17(23-13(4)21)18(25-16(10)9-22-12(3)20)24-15-8-6-5-7-14(15)19;1-7-8(2)12(6-16-10(4)14)18-13(9(7)3)17-11(5)15;13-6-3-1-2-4-7(6)18-12-11(17)10(16)9(15)8(5-14)19-12/h5-8,10-11,16-18H,9H2,1-4H3;7-9,12-13H,6H2,1-5H3;1-4,8-12,14-17H,5H2/t10-,11-,16?,17?,18+;7-,8-,9?,12?,13?;8?,9-,10+,11?,12-/m001/s1. The second-order valence-corrected chi connectivity index (χ2v) is 17.2. The number of esters is 4. The van der Waals surface area contributed by atoms with Gasteiger partial charge in [-0.25, -0.2) is 0 Å². The molecule has 3 aliphatic heterocycles. The zero-order valence-corrected chi connectivity index (χ0v) is 39.4. The van der Waals surface area contributed by atoms with Crippen LogP contribution in [0.4, 0.5) is 0 Å². The Hall–Kier alpha value is -3.40. The molecule has 2 aromatic rings. The molecule has 7 unspecified atom stereocenters. The van der Waals surface area contributed by atoms with E-state index in [4.69, 9.17) is 47.7 Å². The third-order valence-electron chi connectivity index (χ3n) is 11.0. The largest absolute Gasteiger partial charge is 0.463 e. The van der Waals surface area contributed by atoms with Gasteiger partial charge in [0.25, 0.3) is 0 Å². The third-order valence-corrected chi connectivity index (χ3v) is 12.3. The number of carbonyl (C=O) groups excluding carboxylic acids is 4. The molecule has 5 rings (SSSR count). The van der Waals surface area contributed by atoms with Crippen molar-refractivity contribution in [3.05, 3.63) is 57.5 Å². The molecule has 15 atom stereocenters. The van der Waals surface area contributed by atoms with Gasteiger partial charge in [0.2, 0.25) is 18.9 Å². The minimum Gasteiger partial charge on any atom is -0.463 e. The van der Waals surface area contributed by atoms with Crippen LogP contribution in [-0.2, 0) is 52.3 Å². The van der Waals surface area contributed by atoms with Crippen LogP contribution in [0.15, 0.2) is 57.5 Å². The summed E-state index contributed by atoms with van der Waals surface area (Å²) in [5.74, 6) is 0.215. The minimum absolute atomic E-state index is 0.0164. The maximum absolute atomic E-state index is 11.5. The molecule has 3 heterocycles. The van der Waals surface area contributed by atoms with E-state index in [0.717, 1.165) is 4.47 Å². The number of aliphatic hydroxyl groups excluding tert-OH is 4. The Morgan fingerprint density at radius 2 is 0.968 bits per heavy atom. The molecule has 0 saturated carbocycles. The van der Waals surface area contributed by atoms with Crippen LogP contribution >= 0.6 is 31.9 Å². The summed E-state index contributed by atoms with van der Waals surface area (Å²) in [6.45, 7) is 15.4. The average Bonchev–Trinajstić information content (AvgIpc) is 3.21. The quantitative estimate of drug-likeness (QED) is 0.177. The van der Waals surface area contributed by atoms with Gasteiger partial charge in [0.15, 0.2) is 6.10 Å². The van der Waals surface area contributed by atoms with Gasteiger partial charge in [0.05, 0.1) is 27.8 Å². The van der Waals surface area contributed by atoms with E-state index < -0.39 is 62.0 Å². The third kappa shape index (κ3) is 15.4. The molecule has 62 heavy (non-hydrogen) atoms. The maximum Gasteiger partial charge on any atom is 0.304 e. The molecule has 0 aromatic heterocycles. The van der Waals surface area contributed by atoms with E-state index in [1.54, 1.807) is 30.3 Å². The lowest BCUT2D eigenvalue weighted by Crippen LogP contribution is -2.60. The number of halogens is 2. The molecule has 0 amide bonds. The zero-order valence-electron chi connectivity index (χ0n) is 36.3. The molecule has 3 aliphatic rings. The van der Waals surface area contributed by atoms with Crippen molar-refractivity contribution < 1.29 is 82.2 Å². The van der Waals surface area contributed by atoms with Gasteiger partial charge in [-0.2, -0.15) is 0 Å². The average molecular weight is 1010 g/mol. The van der Waals surface area contributed by atoms with Crippen LogP contribution in [0.25, 0.3) is 0 Å². The Bertz CT molecular complexity index is 1740. The summed E-state index contributed by atoms with van der Waals surface area (Å²) in [5.41, 5.74) is 0. The molecular weight excluding hydrogens is 948 g/mol. The summed E-state index contributed by atoms with van der Waals surface area (Å²) >= 11 is 6.71. The lowest BCUT2D eigenvalue weighted by atomic mass is 9.79. The van der Waals surface area contributed by atoms with Gasteiger partial charge in [-0.15, -0.1) is 0 Å². The Balaban J connectivity index is 0.000000252. The van der Waals surface area contributed by atoms with Crippen LogP contribution in [0.1, 0.15) is 62.3 Å². The van der Waals surface area contributed by atoms with Crippen molar-refractivity contribution in [3.63, 3.8) is 0 Å². The maximum atomic E-state index is 11.5. The van der Waals surface area contributed by atoms with Crippen molar-refractivity contribution in [2.24, 2.45) is 29.6 Å². The molecule has 0 aliphatic carbocycles. The first-order valence-corrected chi connectivity index (χ1v) is 21.8. The molecule has 19 heteroatoms. The fraction of sp³-hybridized carbons (Fsp3) is 0.628. The van der Waals surface area contributed by atoms with E-state index in [2.05, 4.69) is 45.7 Å². The highest BCUT2D eigenvalue weighted by molar-refractivity contribution is 9.10. The highest BCUT2D eigenvalue weighted by Crippen LogP contribution is 2.37. The summed E-state index contributed by atoms with van der Waals surface area (Å²) in [6.07, 6.45) is -8.90. The fourth-order valence-corrected chi connectivity index (χ4v) is 7.53. The molecule has 4 N–H and O–H groups in total. The number of benzene rings is 2. The summed E-state index contributed by atoms with van der Waals surface area (Å²) in [7, 11) is 0. The molecule has 0 bridgehead atoms. The van der Waals surface area contributed by atoms with E-state index in [1.165, 1.54) is 27.7 Å². The lowest BCUT2D eigenvalue weighted by molar-refractivity contribution is -0.277. The Morgan fingerprint density at radius 3 is 1.42 bits per heavy atom. The zero-order chi connectivity index (χ0) is 46.4. The molecule has 2 aromatic carbocycles. The second-order valence-electron chi connectivity index (χ2n) is 15.5. The Labute approximate surface area is 378 Å². The number of hydrogen-bond acceptors (Lipinski definition) is 17. The molecule has 17 nitrogen and oxygen atoms in total. The summed E-state index contributed by atoms with van der Waals surface area (Å²) in [5, 5.41) is 38.1. The monoisotopic (exact) mass is 1010 g/mol. The van der Waals surface area contributed by atoms with Crippen LogP contribution in [0, 0.1) is 29.6 Å². The van der Waals surface area contributed by atoms with Gasteiger partial charge in [-0.05, 0) is 73.9 Å². The van der Waals surface area contributed by atoms with Crippen molar-refractivity contribution in [2.75, 3.05) is 19.8 Å². The number of rotatable bonds is 11. The van der Waals surface area contributed by atoms with Crippen LogP contribution in [-0.4, -0.2) is 126 Å². The van der Waals surface area contributed by atoms with E-state index in [-0.39, 0.29) is 67.0 Å². The number of hydrogen-bond donors (Lipinski definition) is 4. The first kappa shape index (κ1) is 52.9. The predicted octanol–water partition coefficient (Wildman–Crippen LogP) is 4.69. The fourth-order valence-electron chi connectivity index (χ4n) is 6.77. The van der Waals surface area contributed by atoms with Gasteiger partial charge >= 0.3 is 23.9 Å². The Morgan fingerprint density at radius 1 is 0.532 bits per heavy atom. The smallest absolute Gasteiger partial charge is 0.304 e. The number of carbonyl (C=O) groups is 4. The number of aliphatic hydroxyl groups is 4. The minimum atomic E-state index is -1.45. The van der Waals surface area contributed by atoms with Crippen LogP contribution in [0.5, 0.6) is 11.5 Å². The van der Waals surface area contributed by atoms with Crippen LogP contribution < -0.4 is 9.47 Å². The molecular formula is C43H60Br2O17. The van der Waals surface area contributed by atoms with E-state index in [0.29, 0.717) is 21.9 Å². The van der Waals surface area contributed by atoms with Gasteiger partial charge in [-0.3, -0.25) is 19.2 Å². The second kappa shape index (κ2) is 25.2. The van der Waals surface area contributed by atoms with Crippen molar-refractivity contribution >= 4 is 55.7 Å². The van der Waals surface area contributed by atoms with Gasteiger partial charge < -0.3 is 63.1 Å². The van der Waals surface area contributed by atoms with E-state index >= 15 is 0 Å². The van der Waals surface area contributed by atoms with Crippen LogP contribution in [0.3, 0.4) is 0 Å². The molecule has 0 radical (unpaired) electrons. The normalized spacial score (nSPS) is 32.9. The molecule has 348 valence electrons. The van der Waals surface area contributed by atoms with Crippen LogP contribution in [0.2, 0.25) is 0 Å². The van der Waals surface area contributed by atoms with Gasteiger partial charge in [0, 0.05) is 39.5 Å². The SMILES string of the molecule is CC(=O)OCC1OC(OC(C)=O)C(C)[C@@H](C)[C@@H]1C.CC(=O)OCC1O[C@@H](Oc2ccccc2Br)C(OC(C)=O)[C@@H](C)[C@@H]1C.OCC1O[C@@H](Oc2ccccc2Br)C(O)[C@@H](O)[C@@H]1O. The summed E-state index contributed by atoms with van der Waals surface area (Å²) in [4.78, 5) is 44.5. The van der Waals surface area contributed by atoms with Crippen molar-refractivity contribution in [1.29, 1.82) is 0 Å². The topological polar surface area (TPSA) is 232 Å². The number of ether oxygens (including phenoxy) is 9. The van der Waals surface area contributed by atoms with E-state index in [9.17, 15) is 34.5 Å². The van der Waals surface area contributed by atoms with Gasteiger partial charge in [-0.1, -0.05) is 58.9 Å². The molecule has 0 spiro atoms. The molecule has 3 fully saturated rings. The van der Waals surface area contributed by atoms with E-state index in [1.807, 2.05) is 39.0 Å². The first-order valence-electron chi connectivity index (χ1n) is 20.2. The highest BCUT2D eigenvalue weighted by atomic mass is 79.9. The summed E-state index contributed by atoms with van der Waals surface area (Å²) < 4.78 is 50.5. The lowest BCUT2D eigenvalue weighted by Gasteiger charge is -2.43. The predicted molar refractivity (Wildman–Crippen MR) is 227 cm³/mol. The Kier molecular flexibility index (Phi) is 21.5. The van der Waals surface area contributed by atoms with Crippen molar-refractivity contribution in [3.8, 4) is 11.5 Å².